The molecule has 3 heteroatoms. The van der Waals surface area contributed by atoms with Gasteiger partial charge < -0.3 is 9.84 Å². The molecule has 1 N–H and O–H groups in total. The van der Waals surface area contributed by atoms with Crippen molar-refractivity contribution in [3.8, 4) is 50.3 Å². The van der Waals surface area contributed by atoms with Gasteiger partial charge in [-0.25, -0.2) is 0 Å². The van der Waals surface area contributed by atoms with Gasteiger partial charge in [0.1, 0.15) is 5.75 Å². The Kier molecular flexibility index (Phi) is 4.83. The van der Waals surface area contributed by atoms with Gasteiger partial charge in [0, 0.05) is 10.0 Å². The van der Waals surface area contributed by atoms with Crippen molar-refractivity contribution in [1.29, 1.82) is 0 Å². The maximum absolute atomic E-state index is 9.50. The Bertz CT molecular complexity index is 1510. The third kappa shape index (κ3) is 3.12. The highest BCUT2D eigenvalue weighted by Crippen LogP contribution is 2.56. The lowest BCUT2D eigenvalue weighted by Crippen LogP contribution is -1.92. The van der Waals surface area contributed by atoms with Crippen LogP contribution < -0.4 is 4.74 Å². The topological polar surface area (TPSA) is 29.5 Å². The maximum Gasteiger partial charge on any atom is 0.118 e. The van der Waals surface area contributed by atoms with Gasteiger partial charge >= 0.3 is 0 Å². The van der Waals surface area contributed by atoms with Crippen molar-refractivity contribution in [2.24, 2.45) is 0 Å². The van der Waals surface area contributed by atoms with Crippen molar-refractivity contribution in [3.63, 3.8) is 0 Å². The van der Waals surface area contributed by atoms with E-state index in [1.165, 1.54) is 44.2 Å². The van der Waals surface area contributed by atoms with E-state index in [0.717, 1.165) is 26.9 Å². The van der Waals surface area contributed by atoms with Crippen LogP contribution in [0, 0.1) is 0 Å². The van der Waals surface area contributed by atoms with Gasteiger partial charge in [0.2, 0.25) is 0 Å². The second-order valence-corrected chi connectivity index (χ2v) is 9.18. The second kappa shape index (κ2) is 7.87. The predicted octanol–water partition coefficient (Wildman–Crippen LogP) is 8.08. The first-order valence-electron chi connectivity index (χ1n) is 10.9. The number of aliphatic hydroxyl groups excluding tert-OH is 1. The third-order valence-electron chi connectivity index (χ3n) is 6.55. The maximum atomic E-state index is 9.50. The summed E-state index contributed by atoms with van der Waals surface area (Å²) in [5, 5.41) is 12.1. The highest BCUT2D eigenvalue weighted by Gasteiger charge is 2.29. The van der Waals surface area contributed by atoms with Crippen molar-refractivity contribution < 1.29 is 9.84 Å². The molecule has 0 radical (unpaired) electrons. The zero-order valence-corrected chi connectivity index (χ0v) is 19.7. The molecule has 6 rings (SSSR count). The summed E-state index contributed by atoms with van der Waals surface area (Å²) in [4.78, 5) is 0. The van der Waals surface area contributed by atoms with E-state index in [0.29, 0.717) is 0 Å². The van der Waals surface area contributed by atoms with Crippen LogP contribution in [0.2, 0.25) is 0 Å². The van der Waals surface area contributed by atoms with E-state index < -0.39 is 0 Å². The average Bonchev–Trinajstić information content (AvgIpc) is 3.20. The first-order chi connectivity index (χ1) is 16.2. The van der Waals surface area contributed by atoms with E-state index in [4.69, 9.17) is 4.74 Å². The second-order valence-electron chi connectivity index (χ2n) is 8.32. The fourth-order valence-corrected chi connectivity index (χ4v) is 5.67. The van der Waals surface area contributed by atoms with E-state index in [2.05, 4.69) is 82.7 Å². The summed E-state index contributed by atoms with van der Waals surface area (Å²) < 4.78 is 6.44. The van der Waals surface area contributed by atoms with Crippen molar-refractivity contribution in [2.45, 2.75) is 6.61 Å². The molecular formula is C30H21BrO2. The summed E-state index contributed by atoms with van der Waals surface area (Å²) in [5.74, 6) is 0.845. The molecule has 5 aromatic rings. The summed E-state index contributed by atoms with van der Waals surface area (Å²) in [7, 11) is 1.69. The minimum atomic E-state index is 0.0449. The minimum Gasteiger partial charge on any atom is -0.497 e. The van der Waals surface area contributed by atoms with Gasteiger partial charge in [-0.1, -0.05) is 88.7 Å². The highest BCUT2D eigenvalue weighted by atomic mass is 79.9. The van der Waals surface area contributed by atoms with Gasteiger partial charge in [-0.05, 0) is 73.5 Å². The van der Waals surface area contributed by atoms with Crippen LogP contribution >= 0.6 is 15.9 Å². The van der Waals surface area contributed by atoms with Crippen molar-refractivity contribution in [1.82, 2.24) is 0 Å². The molecule has 0 aromatic heterocycles. The Morgan fingerprint density at radius 3 is 1.97 bits per heavy atom. The molecule has 0 amide bonds. The SMILES string of the molecule is COc1ccc(-c2c(Br)cc(-c3ccc(CO)cc3)c3c2-c2cccc4cccc-3c24)cc1. The molecule has 0 fully saturated rings. The molecule has 0 unspecified atom stereocenters. The molecule has 0 bridgehead atoms. The predicted molar refractivity (Wildman–Crippen MR) is 139 cm³/mol. The van der Waals surface area contributed by atoms with Gasteiger partial charge in [-0.15, -0.1) is 0 Å². The van der Waals surface area contributed by atoms with Crippen LogP contribution in [0.3, 0.4) is 0 Å². The zero-order chi connectivity index (χ0) is 22.5. The molecule has 0 heterocycles. The average molecular weight is 493 g/mol. The number of ether oxygens (including phenoxy) is 1. The number of methoxy groups -OCH3 is 1. The monoisotopic (exact) mass is 492 g/mol. The first-order valence-corrected chi connectivity index (χ1v) is 11.7. The number of fused-ring (bicyclic) bond motifs is 3. The summed E-state index contributed by atoms with van der Waals surface area (Å²) in [5.41, 5.74) is 10.6. The Hall–Kier alpha value is -3.40. The van der Waals surface area contributed by atoms with E-state index >= 15 is 0 Å². The van der Waals surface area contributed by atoms with Crippen molar-refractivity contribution in [2.75, 3.05) is 7.11 Å². The quantitative estimate of drug-likeness (QED) is 0.269. The zero-order valence-electron chi connectivity index (χ0n) is 18.1. The number of halogens is 1. The summed E-state index contributed by atoms with van der Waals surface area (Å²) >= 11 is 3.92. The first kappa shape index (κ1) is 20.2. The van der Waals surface area contributed by atoms with Gasteiger partial charge in [-0.2, -0.15) is 0 Å². The Morgan fingerprint density at radius 2 is 1.33 bits per heavy atom. The molecule has 0 atom stereocenters. The summed E-state index contributed by atoms with van der Waals surface area (Å²) in [6.07, 6.45) is 0. The van der Waals surface area contributed by atoms with Crippen LogP contribution in [0.15, 0.2) is 95.5 Å². The van der Waals surface area contributed by atoms with Crippen molar-refractivity contribution >= 4 is 26.7 Å². The molecule has 160 valence electrons. The molecule has 0 spiro atoms. The summed E-state index contributed by atoms with van der Waals surface area (Å²) in [6.45, 7) is 0.0449. The Morgan fingerprint density at radius 1 is 0.697 bits per heavy atom. The smallest absolute Gasteiger partial charge is 0.118 e. The molecule has 0 saturated carbocycles. The van der Waals surface area contributed by atoms with Crippen LogP contribution in [0.1, 0.15) is 5.56 Å². The van der Waals surface area contributed by atoms with Gasteiger partial charge in [0.05, 0.1) is 13.7 Å². The molecular weight excluding hydrogens is 472 g/mol. The molecule has 0 saturated heterocycles. The molecule has 1 aliphatic carbocycles. The molecule has 0 aliphatic heterocycles. The number of hydrogen-bond acceptors (Lipinski definition) is 2. The van der Waals surface area contributed by atoms with Gasteiger partial charge in [0.15, 0.2) is 0 Å². The summed E-state index contributed by atoms with van der Waals surface area (Å²) in [6, 6.07) is 31.8. The third-order valence-corrected chi connectivity index (χ3v) is 7.17. The lowest BCUT2D eigenvalue weighted by Gasteiger charge is -2.18. The number of rotatable bonds is 4. The highest BCUT2D eigenvalue weighted by molar-refractivity contribution is 9.10. The molecule has 5 aromatic carbocycles. The van der Waals surface area contributed by atoms with Crippen LogP contribution in [0.4, 0.5) is 0 Å². The van der Waals surface area contributed by atoms with E-state index in [1.807, 2.05) is 24.3 Å². The Labute approximate surface area is 201 Å². The van der Waals surface area contributed by atoms with E-state index in [-0.39, 0.29) is 6.61 Å². The van der Waals surface area contributed by atoms with Crippen molar-refractivity contribution in [3.05, 3.63) is 101 Å². The standard InChI is InChI=1S/C30H21BrO2/c1-33-22-14-12-21(13-15-22)28-26(31)16-25(19-10-8-18(17-32)9-11-19)29-23-6-2-4-20-5-3-7-24(27(20)23)30(28)29/h2-16,32H,17H2,1H3. The lowest BCUT2D eigenvalue weighted by atomic mass is 9.87. The minimum absolute atomic E-state index is 0.0449. The normalized spacial score (nSPS) is 11.6. The van der Waals surface area contributed by atoms with Crippen LogP contribution in [0.5, 0.6) is 5.75 Å². The van der Waals surface area contributed by atoms with E-state index in [1.54, 1.807) is 7.11 Å². The largest absolute Gasteiger partial charge is 0.497 e. The van der Waals surface area contributed by atoms with Crippen LogP contribution in [-0.4, -0.2) is 12.2 Å². The number of aliphatic hydroxyl groups is 1. The van der Waals surface area contributed by atoms with Crippen LogP contribution in [0.25, 0.3) is 55.3 Å². The fourth-order valence-electron chi connectivity index (χ4n) is 5.01. The molecule has 1 aliphatic rings. The van der Waals surface area contributed by atoms with Gasteiger partial charge in [0.25, 0.3) is 0 Å². The lowest BCUT2D eigenvalue weighted by molar-refractivity contribution is 0.282. The fraction of sp³-hybridized carbons (Fsp3) is 0.0667. The molecule has 2 nitrogen and oxygen atoms in total. The van der Waals surface area contributed by atoms with E-state index in [9.17, 15) is 5.11 Å². The van der Waals surface area contributed by atoms with Crippen LogP contribution in [-0.2, 0) is 6.61 Å². The number of hydrogen-bond donors (Lipinski definition) is 1. The molecule has 33 heavy (non-hydrogen) atoms. The number of benzene rings is 5. The Balaban J connectivity index is 1.71. The van der Waals surface area contributed by atoms with Gasteiger partial charge in [-0.3, -0.25) is 0 Å².